The van der Waals surface area contributed by atoms with Gasteiger partial charge in [-0.25, -0.2) is 0 Å². The lowest BCUT2D eigenvalue weighted by molar-refractivity contribution is -0.149. The predicted octanol–water partition coefficient (Wildman–Crippen LogP) is 3.05. The average Bonchev–Trinajstić information content (AvgIpc) is 3.22. The van der Waals surface area contributed by atoms with E-state index in [4.69, 9.17) is 4.74 Å². The number of piperidine rings is 1. The summed E-state index contributed by atoms with van der Waals surface area (Å²) < 4.78 is 5.28. The number of esters is 1. The second-order valence-corrected chi connectivity index (χ2v) is 8.88. The van der Waals surface area contributed by atoms with Gasteiger partial charge >= 0.3 is 5.97 Å². The van der Waals surface area contributed by atoms with Crippen molar-refractivity contribution in [3.05, 3.63) is 35.5 Å². The van der Waals surface area contributed by atoms with Crippen molar-refractivity contribution in [3.8, 4) is 0 Å². The summed E-state index contributed by atoms with van der Waals surface area (Å²) in [6.45, 7) is 5.46. The number of aromatic nitrogens is 1. The minimum atomic E-state index is -0.173. The summed E-state index contributed by atoms with van der Waals surface area (Å²) in [5, 5.41) is 4.58. The number of carbonyl (C=O) groups is 2. The molecule has 0 bridgehead atoms. The quantitative estimate of drug-likeness (QED) is 0.781. The van der Waals surface area contributed by atoms with E-state index in [1.165, 1.54) is 5.56 Å². The van der Waals surface area contributed by atoms with Crippen molar-refractivity contribution >= 4 is 22.8 Å². The second kappa shape index (κ2) is 7.17. The minimum Gasteiger partial charge on any atom is -0.466 e. The molecule has 1 aromatic carbocycles. The molecule has 1 saturated carbocycles. The fourth-order valence-corrected chi connectivity index (χ4v) is 5.29. The van der Waals surface area contributed by atoms with Gasteiger partial charge in [0.25, 0.3) is 5.91 Å². The zero-order valence-electron chi connectivity index (χ0n) is 17.0. The van der Waals surface area contributed by atoms with E-state index in [0.29, 0.717) is 31.2 Å². The Balaban J connectivity index is 1.39. The molecule has 1 amide bonds. The van der Waals surface area contributed by atoms with Crippen LogP contribution in [0.15, 0.2) is 24.4 Å². The van der Waals surface area contributed by atoms with Crippen LogP contribution in [0.4, 0.5) is 0 Å². The highest BCUT2D eigenvalue weighted by Gasteiger charge is 2.59. The van der Waals surface area contributed by atoms with Crippen molar-refractivity contribution in [2.45, 2.75) is 38.5 Å². The van der Waals surface area contributed by atoms with Crippen LogP contribution in [-0.4, -0.2) is 54.5 Å². The first-order chi connectivity index (χ1) is 14.1. The Kier molecular flexibility index (Phi) is 4.62. The van der Waals surface area contributed by atoms with Crippen LogP contribution in [0.2, 0.25) is 0 Å². The van der Waals surface area contributed by atoms with E-state index in [1.807, 2.05) is 30.0 Å². The van der Waals surface area contributed by atoms with Gasteiger partial charge in [0, 0.05) is 41.2 Å². The summed E-state index contributed by atoms with van der Waals surface area (Å²) in [7, 11) is 0. The minimum absolute atomic E-state index is 0.0300. The number of fused-ring (bicyclic) bond motifs is 1. The third-order valence-electron chi connectivity index (χ3n) is 7.14. The number of benzene rings is 1. The Hall–Kier alpha value is -2.34. The number of rotatable bonds is 4. The van der Waals surface area contributed by atoms with E-state index in [2.05, 4.69) is 16.5 Å². The topological polar surface area (TPSA) is 74.4 Å². The molecule has 1 spiro atoms. The van der Waals surface area contributed by atoms with Crippen LogP contribution in [0.1, 0.15) is 54.4 Å². The number of H-pyrrole nitrogens is 1. The molecule has 1 unspecified atom stereocenters. The number of ether oxygens (including phenoxy) is 1. The van der Waals surface area contributed by atoms with Gasteiger partial charge in [0.1, 0.15) is 0 Å². The average molecular weight is 396 g/mol. The van der Waals surface area contributed by atoms with Gasteiger partial charge in [-0.05, 0) is 75.4 Å². The molecule has 6 nitrogen and oxygen atoms in total. The molecule has 1 atom stereocenters. The van der Waals surface area contributed by atoms with E-state index in [9.17, 15) is 9.59 Å². The molecule has 1 aliphatic carbocycles. The number of nitrogens with one attached hydrogen (secondary N) is 2. The second-order valence-electron chi connectivity index (χ2n) is 8.88. The summed E-state index contributed by atoms with van der Waals surface area (Å²) in [5.41, 5.74) is 3.08. The first-order valence-electron chi connectivity index (χ1n) is 10.9. The molecule has 0 radical (unpaired) electrons. The largest absolute Gasteiger partial charge is 0.466 e. The Labute approximate surface area is 171 Å². The number of aromatic amines is 1. The molecule has 1 aromatic heterocycles. The molecule has 2 N–H and O–H groups in total. The monoisotopic (exact) mass is 395 g/mol. The number of amides is 1. The lowest BCUT2D eigenvalue weighted by atomic mass is 9.89. The smallest absolute Gasteiger partial charge is 0.311 e. The Morgan fingerprint density at radius 3 is 2.76 bits per heavy atom. The normalized spacial score (nSPS) is 23.6. The number of nitrogens with zero attached hydrogens (tertiary/aromatic N) is 1. The molecular weight excluding hydrogens is 366 g/mol. The van der Waals surface area contributed by atoms with Gasteiger partial charge in [-0.2, -0.15) is 0 Å². The highest BCUT2D eigenvalue weighted by atomic mass is 16.5. The van der Waals surface area contributed by atoms with Gasteiger partial charge in [0.15, 0.2) is 0 Å². The van der Waals surface area contributed by atoms with Crippen molar-refractivity contribution in [1.82, 2.24) is 15.2 Å². The molecule has 154 valence electrons. The van der Waals surface area contributed by atoms with E-state index in [1.54, 1.807) is 0 Å². The summed E-state index contributed by atoms with van der Waals surface area (Å²) >= 11 is 0. The summed E-state index contributed by atoms with van der Waals surface area (Å²) in [6, 6.07) is 5.96. The fourth-order valence-electron chi connectivity index (χ4n) is 5.29. The summed E-state index contributed by atoms with van der Waals surface area (Å²) in [5.74, 6) is 0.245. The zero-order chi connectivity index (χ0) is 20.0. The maximum atomic E-state index is 13.3. The SMILES string of the molecule is CCOC(=O)C1CN(C(=O)c2ccc3[nH]cc(C4CCNCC4)c3c2)CC12CC2. The Morgan fingerprint density at radius 1 is 1.24 bits per heavy atom. The van der Waals surface area contributed by atoms with Crippen molar-refractivity contribution in [1.29, 1.82) is 0 Å². The highest BCUT2D eigenvalue weighted by Crippen LogP contribution is 2.56. The van der Waals surface area contributed by atoms with Crippen molar-refractivity contribution < 1.29 is 14.3 Å². The van der Waals surface area contributed by atoms with E-state index < -0.39 is 0 Å². The lowest BCUT2D eigenvalue weighted by Gasteiger charge is -2.22. The summed E-state index contributed by atoms with van der Waals surface area (Å²) in [6.07, 6.45) is 6.39. The van der Waals surface area contributed by atoms with Gasteiger partial charge in [-0.3, -0.25) is 9.59 Å². The molecule has 5 rings (SSSR count). The molecule has 29 heavy (non-hydrogen) atoms. The van der Waals surface area contributed by atoms with Crippen LogP contribution >= 0.6 is 0 Å². The maximum absolute atomic E-state index is 13.3. The van der Waals surface area contributed by atoms with Crippen LogP contribution in [0.3, 0.4) is 0 Å². The molecule has 3 heterocycles. The van der Waals surface area contributed by atoms with Gasteiger partial charge in [-0.1, -0.05) is 0 Å². The summed E-state index contributed by atoms with van der Waals surface area (Å²) in [4.78, 5) is 30.9. The fraction of sp³-hybridized carbons (Fsp3) is 0.565. The molecule has 2 aliphatic heterocycles. The zero-order valence-corrected chi connectivity index (χ0v) is 17.0. The molecule has 2 saturated heterocycles. The van der Waals surface area contributed by atoms with Gasteiger partial charge < -0.3 is 19.9 Å². The van der Waals surface area contributed by atoms with Gasteiger partial charge in [-0.15, -0.1) is 0 Å². The van der Waals surface area contributed by atoms with E-state index >= 15 is 0 Å². The number of hydrogen-bond acceptors (Lipinski definition) is 4. The predicted molar refractivity (Wildman–Crippen MR) is 111 cm³/mol. The lowest BCUT2D eigenvalue weighted by Crippen LogP contribution is -2.30. The molecule has 3 fully saturated rings. The van der Waals surface area contributed by atoms with Crippen LogP contribution in [0.5, 0.6) is 0 Å². The molecule has 2 aromatic rings. The number of carbonyl (C=O) groups excluding carboxylic acids is 2. The third-order valence-corrected chi connectivity index (χ3v) is 7.14. The van der Waals surface area contributed by atoms with Gasteiger partial charge in [0.05, 0.1) is 12.5 Å². The standard InChI is InChI=1S/C23H29N3O3/c1-2-29-22(28)19-13-26(14-23(19)7-8-23)21(27)16-3-4-20-17(11-16)18(12-25-20)15-5-9-24-10-6-15/h3-4,11-12,15,19,24-25H,2,5-10,13-14H2,1H3. The van der Waals surface area contributed by atoms with Crippen LogP contribution < -0.4 is 5.32 Å². The van der Waals surface area contributed by atoms with Crippen LogP contribution in [-0.2, 0) is 9.53 Å². The van der Waals surface area contributed by atoms with Gasteiger partial charge in [0.2, 0.25) is 0 Å². The first-order valence-corrected chi connectivity index (χ1v) is 10.9. The molecule has 6 heteroatoms. The number of hydrogen-bond donors (Lipinski definition) is 2. The van der Waals surface area contributed by atoms with E-state index in [-0.39, 0.29) is 23.2 Å². The van der Waals surface area contributed by atoms with Crippen molar-refractivity contribution in [2.24, 2.45) is 11.3 Å². The third kappa shape index (κ3) is 3.23. The van der Waals surface area contributed by atoms with Crippen molar-refractivity contribution in [2.75, 3.05) is 32.8 Å². The molecular formula is C23H29N3O3. The first kappa shape index (κ1) is 18.7. The Morgan fingerprint density at radius 2 is 2.03 bits per heavy atom. The highest BCUT2D eigenvalue weighted by molar-refractivity contribution is 5.99. The van der Waals surface area contributed by atoms with Crippen LogP contribution in [0.25, 0.3) is 10.9 Å². The molecule has 3 aliphatic rings. The maximum Gasteiger partial charge on any atom is 0.311 e. The van der Waals surface area contributed by atoms with Crippen LogP contribution in [0, 0.1) is 11.3 Å². The number of likely N-dealkylation sites (tertiary alicyclic amines) is 1. The van der Waals surface area contributed by atoms with Crippen molar-refractivity contribution in [3.63, 3.8) is 0 Å². The Bertz CT molecular complexity index is 940. The van der Waals surface area contributed by atoms with E-state index in [0.717, 1.165) is 49.7 Å².